The summed E-state index contributed by atoms with van der Waals surface area (Å²) in [5.74, 6) is 0.0816. The van der Waals surface area contributed by atoms with Gasteiger partial charge in [-0.15, -0.1) is 0 Å². The van der Waals surface area contributed by atoms with Gasteiger partial charge < -0.3 is 15.2 Å². The molecule has 0 spiro atoms. The van der Waals surface area contributed by atoms with E-state index in [2.05, 4.69) is 15.8 Å². The monoisotopic (exact) mass is 181 g/mol. The second-order valence-corrected chi connectivity index (χ2v) is 3.04. The molecule has 5 nitrogen and oxygen atoms in total. The molecule has 2 heterocycles. The van der Waals surface area contributed by atoms with Crippen molar-refractivity contribution in [2.24, 2.45) is 0 Å². The quantitative estimate of drug-likeness (QED) is 0.661. The normalized spacial score (nSPS) is 21.7. The van der Waals surface area contributed by atoms with Crippen LogP contribution in [-0.2, 0) is 0 Å². The van der Waals surface area contributed by atoms with Gasteiger partial charge in [0.2, 0.25) is 5.76 Å². The van der Waals surface area contributed by atoms with Gasteiger partial charge in [-0.05, 0) is 13.0 Å². The van der Waals surface area contributed by atoms with E-state index in [4.69, 9.17) is 4.52 Å². The van der Waals surface area contributed by atoms with Crippen LogP contribution >= 0.6 is 0 Å². The fourth-order valence-electron chi connectivity index (χ4n) is 1.37. The molecule has 1 aliphatic heterocycles. The Morgan fingerprint density at radius 1 is 1.77 bits per heavy atom. The van der Waals surface area contributed by atoms with Crippen LogP contribution in [0.5, 0.6) is 0 Å². The summed E-state index contributed by atoms with van der Waals surface area (Å²) in [4.78, 5) is 11.4. The van der Waals surface area contributed by atoms with Crippen LogP contribution in [0.1, 0.15) is 17.0 Å². The van der Waals surface area contributed by atoms with Crippen LogP contribution < -0.4 is 10.6 Å². The lowest BCUT2D eigenvalue weighted by Gasteiger charge is -2.08. The Kier molecular flexibility index (Phi) is 2.27. The largest absolute Gasteiger partial charge is 0.351 e. The van der Waals surface area contributed by atoms with Gasteiger partial charge in [-0.3, -0.25) is 4.79 Å². The number of aromatic nitrogens is 1. The Labute approximate surface area is 75.5 Å². The number of nitrogens with one attached hydrogen (secondary N) is 2. The number of amides is 1. The Bertz CT molecular complexity index is 278. The van der Waals surface area contributed by atoms with Crippen molar-refractivity contribution in [1.82, 2.24) is 15.8 Å². The third-order valence-electron chi connectivity index (χ3n) is 2.06. The third-order valence-corrected chi connectivity index (χ3v) is 2.06. The van der Waals surface area contributed by atoms with Gasteiger partial charge in [-0.2, -0.15) is 0 Å². The fraction of sp³-hybridized carbons (Fsp3) is 0.500. The molecule has 0 saturated carbocycles. The van der Waals surface area contributed by atoms with Gasteiger partial charge >= 0.3 is 0 Å². The van der Waals surface area contributed by atoms with Gasteiger partial charge in [-0.1, -0.05) is 5.16 Å². The number of nitrogens with zero attached hydrogens (tertiary/aromatic N) is 1. The lowest BCUT2D eigenvalue weighted by atomic mass is 10.2. The molecule has 0 aromatic carbocycles. The molecule has 1 fully saturated rings. The smallest absolute Gasteiger partial charge is 0.290 e. The van der Waals surface area contributed by atoms with Crippen molar-refractivity contribution in [1.29, 1.82) is 0 Å². The number of rotatable bonds is 2. The van der Waals surface area contributed by atoms with Crippen molar-refractivity contribution in [2.75, 3.05) is 13.1 Å². The van der Waals surface area contributed by atoms with E-state index in [1.807, 2.05) is 0 Å². The first kappa shape index (κ1) is 8.25. The molecule has 2 rings (SSSR count). The zero-order valence-electron chi connectivity index (χ0n) is 7.12. The van der Waals surface area contributed by atoms with Gasteiger partial charge in [0.05, 0.1) is 6.20 Å². The van der Waals surface area contributed by atoms with Crippen LogP contribution in [0.4, 0.5) is 0 Å². The highest BCUT2D eigenvalue weighted by atomic mass is 16.5. The van der Waals surface area contributed by atoms with E-state index in [1.54, 1.807) is 6.07 Å². The Morgan fingerprint density at radius 2 is 2.69 bits per heavy atom. The van der Waals surface area contributed by atoms with E-state index in [1.165, 1.54) is 6.20 Å². The van der Waals surface area contributed by atoms with Crippen molar-refractivity contribution in [3.05, 3.63) is 18.0 Å². The van der Waals surface area contributed by atoms with Crippen molar-refractivity contribution in [3.63, 3.8) is 0 Å². The van der Waals surface area contributed by atoms with Crippen LogP contribution in [0, 0.1) is 0 Å². The van der Waals surface area contributed by atoms with Crippen LogP contribution in [-0.4, -0.2) is 30.2 Å². The standard InChI is InChI=1S/C8H11N3O2/c12-8(7-2-4-10-13-7)11-6-1-3-9-5-6/h2,4,6,9H,1,3,5H2,(H,11,12)/t6-/m0/s1. The Hall–Kier alpha value is -1.36. The predicted octanol–water partition coefficient (Wildman–Crippen LogP) is -0.234. The molecule has 1 amide bonds. The average molecular weight is 181 g/mol. The molecule has 70 valence electrons. The SMILES string of the molecule is O=C(N[C@H]1CCNC1)c1ccno1. The van der Waals surface area contributed by atoms with Gasteiger partial charge in [0.15, 0.2) is 0 Å². The highest BCUT2D eigenvalue weighted by Gasteiger charge is 2.18. The maximum Gasteiger partial charge on any atom is 0.290 e. The van der Waals surface area contributed by atoms with E-state index in [0.717, 1.165) is 19.5 Å². The predicted molar refractivity (Wildman–Crippen MR) is 45.2 cm³/mol. The fourth-order valence-corrected chi connectivity index (χ4v) is 1.37. The minimum absolute atomic E-state index is 0.189. The molecular weight excluding hydrogens is 170 g/mol. The summed E-state index contributed by atoms with van der Waals surface area (Å²) in [6.07, 6.45) is 2.43. The number of hydrogen-bond donors (Lipinski definition) is 2. The number of carbonyl (C=O) groups excluding carboxylic acids is 1. The maximum absolute atomic E-state index is 11.4. The number of hydrogen-bond acceptors (Lipinski definition) is 4. The molecule has 0 unspecified atom stereocenters. The minimum Gasteiger partial charge on any atom is -0.351 e. The first-order valence-electron chi connectivity index (χ1n) is 4.28. The van der Waals surface area contributed by atoms with Crippen molar-refractivity contribution >= 4 is 5.91 Å². The second-order valence-electron chi connectivity index (χ2n) is 3.04. The zero-order valence-corrected chi connectivity index (χ0v) is 7.12. The molecule has 0 bridgehead atoms. The molecule has 2 N–H and O–H groups in total. The van der Waals surface area contributed by atoms with Crippen LogP contribution in [0.15, 0.2) is 16.8 Å². The van der Waals surface area contributed by atoms with E-state index in [-0.39, 0.29) is 17.7 Å². The lowest BCUT2D eigenvalue weighted by molar-refractivity contribution is 0.0903. The van der Waals surface area contributed by atoms with E-state index < -0.39 is 0 Å². The zero-order chi connectivity index (χ0) is 9.10. The van der Waals surface area contributed by atoms with Gasteiger partial charge in [0.1, 0.15) is 0 Å². The molecule has 1 aliphatic rings. The highest BCUT2D eigenvalue weighted by Crippen LogP contribution is 2.01. The molecule has 0 aliphatic carbocycles. The summed E-state index contributed by atoms with van der Waals surface area (Å²) in [5.41, 5.74) is 0. The second kappa shape index (κ2) is 3.57. The Balaban J connectivity index is 1.91. The van der Waals surface area contributed by atoms with E-state index in [0.29, 0.717) is 0 Å². The Morgan fingerprint density at radius 3 is 3.31 bits per heavy atom. The summed E-state index contributed by atoms with van der Waals surface area (Å²) in [5, 5.41) is 9.47. The summed E-state index contributed by atoms with van der Waals surface area (Å²) in [6, 6.07) is 1.77. The third kappa shape index (κ3) is 1.86. The van der Waals surface area contributed by atoms with Crippen LogP contribution in [0.3, 0.4) is 0 Å². The van der Waals surface area contributed by atoms with E-state index in [9.17, 15) is 4.79 Å². The average Bonchev–Trinajstić information content (AvgIpc) is 2.74. The molecule has 5 heteroatoms. The summed E-state index contributed by atoms with van der Waals surface area (Å²) in [7, 11) is 0. The van der Waals surface area contributed by atoms with Gasteiger partial charge in [0, 0.05) is 18.7 Å². The summed E-state index contributed by atoms with van der Waals surface area (Å²) in [6.45, 7) is 1.79. The molecule has 1 aromatic heterocycles. The van der Waals surface area contributed by atoms with Crippen molar-refractivity contribution in [3.8, 4) is 0 Å². The minimum atomic E-state index is -0.189. The number of carbonyl (C=O) groups is 1. The molecular formula is C8H11N3O2. The summed E-state index contributed by atoms with van der Waals surface area (Å²) >= 11 is 0. The first-order chi connectivity index (χ1) is 6.36. The molecule has 0 radical (unpaired) electrons. The maximum atomic E-state index is 11.4. The molecule has 1 saturated heterocycles. The topological polar surface area (TPSA) is 67.2 Å². The molecule has 1 aromatic rings. The van der Waals surface area contributed by atoms with E-state index >= 15 is 0 Å². The van der Waals surface area contributed by atoms with Gasteiger partial charge in [0.25, 0.3) is 5.91 Å². The van der Waals surface area contributed by atoms with Gasteiger partial charge in [-0.25, -0.2) is 0 Å². The van der Waals surface area contributed by atoms with Crippen molar-refractivity contribution < 1.29 is 9.32 Å². The summed E-state index contributed by atoms with van der Waals surface area (Å²) < 4.78 is 4.72. The molecule has 13 heavy (non-hydrogen) atoms. The molecule has 1 atom stereocenters. The van der Waals surface area contributed by atoms with Crippen molar-refractivity contribution in [2.45, 2.75) is 12.5 Å². The van der Waals surface area contributed by atoms with Crippen LogP contribution in [0.2, 0.25) is 0 Å². The lowest BCUT2D eigenvalue weighted by Crippen LogP contribution is -2.35. The highest BCUT2D eigenvalue weighted by molar-refractivity contribution is 5.91. The first-order valence-corrected chi connectivity index (χ1v) is 4.28. The van der Waals surface area contributed by atoms with Crippen LogP contribution in [0.25, 0.3) is 0 Å².